The third-order valence-corrected chi connectivity index (χ3v) is 2.41. The molecule has 0 aromatic heterocycles. The van der Waals surface area contributed by atoms with Gasteiger partial charge in [-0.05, 0) is 24.1 Å². The van der Waals surface area contributed by atoms with E-state index in [-0.39, 0.29) is 0 Å². The van der Waals surface area contributed by atoms with Crippen molar-refractivity contribution in [2.45, 2.75) is 6.92 Å². The van der Waals surface area contributed by atoms with E-state index in [2.05, 4.69) is 35.0 Å². The van der Waals surface area contributed by atoms with Gasteiger partial charge in [0.15, 0.2) is 0 Å². The Bertz CT molecular complexity index is 353. The summed E-state index contributed by atoms with van der Waals surface area (Å²) in [6.45, 7) is 2.09. The van der Waals surface area contributed by atoms with Crippen molar-refractivity contribution in [3.63, 3.8) is 0 Å². The molecule has 1 aromatic carbocycles. The van der Waals surface area contributed by atoms with Gasteiger partial charge in [-0.2, -0.15) is 0 Å². The van der Waals surface area contributed by atoms with E-state index in [9.17, 15) is 0 Å². The first-order valence-electron chi connectivity index (χ1n) is 4.36. The molecule has 0 N–H and O–H groups in total. The number of benzene rings is 1. The third kappa shape index (κ3) is 3.04. The van der Waals surface area contributed by atoms with Crippen molar-refractivity contribution in [1.29, 1.82) is 0 Å². The Morgan fingerprint density at radius 1 is 1.36 bits per heavy atom. The average Bonchev–Trinajstić information content (AvgIpc) is 2.22. The number of allylic oxidation sites excluding steroid dienone is 1. The van der Waals surface area contributed by atoms with Gasteiger partial charge in [0.2, 0.25) is 0 Å². The highest BCUT2D eigenvalue weighted by atomic mass is 79.9. The number of halogens is 1. The van der Waals surface area contributed by atoms with Crippen LogP contribution >= 0.6 is 15.9 Å². The van der Waals surface area contributed by atoms with Gasteiger partial charge in [-0.15, -0.1) is 0 Å². The Morgan fingerprint density at radius 3 is 2.64 bits per heavy atom. The Balaban J connectivity index is 2.83. The minimum absolute atomic E-state index is 0.799. The van der Waals surface area contributed by atoms with Gasteiger partial charge in [0, 0.05) is 4.99 Å². The van der Waals surface area contributed by atoms with Crippen molar-refractivity contribution in [2.75, 3.05) is 7.11 Å². The van der Waals surface area contributed by atoms with Gasteiger partial charge in [0.25, 0.3) is 0 Å². The maximum atomic E-state index is 5.09. The molecule has 0 aliphatic heterocycles. The largest absolute Gasteiger partial charge is 0.496 e. The molecule has 14 heavy (non-hydrogen) atoms. The zero-order chi connectivity index (χ0) is 10.4. The average molecular weight is 253 g/mol. The molecular weight excluding hydrogens is 240 g/mol. The van der Waals surface area contributed by atoms with Crippen LogP contribution < -0.4 is 0 Å². The van der Waals surface area contributed by atoms with Crippen LogP contribution in [0.2, 0.25) is 0 Å². The first-order chi connectivity index (χ1) is 6.77. The molecule has 0 amide bonds. The van der Waals surface area contributed by atoms with Gasteiger partial charge in [-0.25, -0.2) is 0 Å². The van der Waals surface area contributed by atoms with E-state index < -0.39 is 0 Å². The number of aryl methyl sites for hydroxylation is 1. The highest BCUT2D eigenvalue weighted by molar-refractivity contribution is 9.11. The summed E-state index contributed by atoms with van der Waals surface area (Å²) in [4.78, 5) is 1.75. The number of rotatable bonds is 3. The second-order valence-electron chi connectivity index (χ2n) is 2.91. The zero-order valence-electron chi connectivity index (χ0n) is 8.33. The van der Waals surface area contributed by atoms with E-state index in [0.29, 0.717) is 0 Å². The summed E-state index contributed by atoms with van der Waals surface area (Å²) in [6.07, 6.45) is 3.96. The van der Waals surface area contributed by atoms with Crippen LogP contribution in [0.15, 0.2) is 41.1 Å². The SMILES string of the molecule is COC(/C=C\c1ccccc1C)=C\Br. The Morgan fingerprint density at radius 2 is 2.07 bits per heavy atom. The van der Waals surface area contributed by atoms with E-state index in [1.165, 1.54) is 11.1 Å². The van der Waals surface area contributed by atoms with Crippen LogP contribution in [0.3, 0.4) is 0 Å². The lowest BCUT2D eigenvalue weighted by Gasteiger charge is -2.00. The highest BCUT2D eigenvalue weighted by Crippen LogP contribution is 2.11. The van der Waals surface area contributed by atoms with Gasteiger partial charge >= 0.3 is 0 Å². The van der Waals surface area contributed by atoms with Crippen molar-refractivity contribution in [1.82, 2.24) is 0 Å². The van der Waals surface area contributed by atoms with Crippen LogP contribution in [0, 0.1) is 6.92 Å². The van der Waals surface area contributed by atoms with Gasteiger partial charge in [-0.1, -0.05) is 46.3 Å². The molecule has 0 spiro atoms. The van der Waals surface area contributed by atoms with E-state index in [4.69, 9.17) is 4.74 Å². The van der Waals surface area contributed by atoms with E-state index in [1.807, 2.05) is 24.3 Å². The number of methoxy groups -OCH3 is 1. The number of ether oxygens (including phenoxy) is 1. The van der Waals surface area contributed by atoms with Gasteiger partial charge in [-0.3, -0.25) is 0 Å². The summed E-state index contributed by atoms with van der Waals surface area (Å²) in [5.41, 5.74) is 2.46. The predicted octanol–water partition coefficient (Wildman–Crippen LogP) is 3.89. The van der Waals surface area contributed by atoms with Crippen LogP contribution in [-0.4, -0.2) is 7.11 Å². The summed E-state index contributed by atoms with van der Waals surface area (Å²) in [6, 6.07) is 8.22. The molecule has 0 saturated carbocycles. The van der Waals surface area contributed by atoms with Gasteiger partial charge in [0.05, 0.1) is 7.11 Å². The van der Waals surface area contributed by atoms with E-state index in [0.717, 1.165) is 5.76 Å². The second-order valence-corrected chi connectivity index (χ2v) is 3.36. The molecule has 0 heterocycles. The minimum Gasteiger partial charge on any atom is -0.496 e. The minimum atomic E-state index is 0.799. The van der Waals surface area contributed by atoms with E-state index >= 15 is 0 Å². The van der Waals surface area contributed by atoms with Crippen molar-refractivity contribution in [3.8, 4) is 0 Å². The van der Waals surface area contributed by atoms with Crippen LogP contribution in [0.1, 0.15) is 11.1 Å². The summed E-state index contributed by atoms with van der Waals surface area (Å²) in [5, 5.41) is 0. The lowest BCUT2D eigenvalue weighted by molar-refractivity contribution is 0.308. The molecule has 2 heteroatoms. The molecular formula is C12H13BrO. The molecule has 1 nitrogen and oxygen atoms in total. The van der Waals surface area contributed by atoms with Gasteiger partial charge < -0.3 is 4.74 Å². The van der Waals surface area contributed by atoms with Crippen LogP contribution in [0.25, 0.3) is 6.08 Å². The molecule has 0 aliphatic rings. The molecule has 0 aliphatic carbocycles. The van der Waals surface area contributed by atoms with Gasteiger partial charge in [0.1, 0.15) is 5.76 Å². The lowest BCUT2D eigenvalue weighted by atomic mass is 10.1. The Labute approximate surface area is 93.2 Å². The molecule has 0 radical (unpaired) electrons. The molecule has 0 unspecified atom stereocenters. The van der Waals surface area contributed by atoms with Crippen molar-refractivity contribution in [2.24, 2.45) is 0 Å². The fourth-order valence-electron chi connectivity index (χ4n) is 1.09. The molecule has 0 bridgehead atoms. The summed E-state index contributed by atoms with van der Waals surface area (Å²) in [5.74, 6) is 0.799. The first kappa shape index (κ1) is 11.1. The Kier molecular flexibility index (Phi) is 4.47. The summed E-state index contributed by atoms with van der Waals surface area (Å²) in [7, 11) is 1.65. The predicted molar refractivity (Wildman–Crippen MR) is 64.2 cm³/mol. The maximum Gasteiger partial charge on any atom is 0.125 e. The molecule has 0 fully saturated rings. The molecule has 0 saturated heterocycles. The fourth-order valence-corrected chi connectivity index (χ4v) is 1.43. The second kappa shape index (κ2) is 5.66. The Hall–Kier alpha value is -1.02. The van der Waals surface area contributed by atoms with Crippen LogP contribution in [0.5, 0.6) is 0 Å². The maximum absolute atomic E-state index is 5.09. The van der Waals surface area contributed by atoms with Crippen molar-refractivity contribution < 1.29 is 4.74 Å². The summed E-state index contributed by atoms with van der Waals surface area (Å²) < 4.78 is 5.09. The fraction of sp³-hybridized carbons (Fsp3) is 0.167. The molecule has 1 aromatic rings. The smallest absolute Gasteiger partial charge is 0.125 e. The van der Waals surface area contributed by atoms with Crippen LogP contribution in [-0.2, 0) is 4.74 Å². The monoisotopic (exact) mass is 252 g/mol. The van der Waals surface area contributed by atoms with Crippen molar-refractivity contribution >= 4 is 22.0 Å². The zero-order valence-corrected chi connectivity index (χ0v) is 9.91. The molecule has 74 valence electrons. The summed E-state index contributed by atoms with van der Waals surface area (Å²) >= 11 is 3.23. The third-order valence-electron chi connectivity index (χ3n) is 1.96. The highest BCUT2D eigenvalue weighted by Gasteiger charge is 1.92. The van der Waals surface area contributed by atoms with Crippen LogP contribution in [0.4, 0.5) is 0 Å². The normalized spacial score (nSPS) is 12.1. The first-order valence-corrected chi connectivity index (χ1v) is 5.27. The quantitative estimate of drug-likeness (QED) is 0.586. The molecule has 1 rings (SSSR count). The van der Waals surface area contributed by atoms with E-state index in [1.54, 1.807) is 12.1 Å². The number of hydrogen-bond donors (Lipinski definition) is 0. The standard InChI is InChI=1S/C12H13BrO/c1-10-5-3-4-6-11(10)7-8-12(9-13)14-2/h3-9H,1-2H3/b8-7-,12-9-. The molecule has 0 atom stereocenters. The number of hydrogen-bond acceptors (Lipinski definition) is 1. The topological polar surface area (TPSA) is 9.23 Å². The van der Waals surface area contributed by atoms with Crippen molar-refractivity contribution in [3.05, 3.63) is 52.2 Å². The lowest BCUT2D eigenvalue weighted by Crippen LogP contribution is -1.81.